The van der Waals surface area contributed by atoms with E-state index in [1.807, 2.05) is 73.3 Å². The van der Waals surface area contributed by atoms with Gasteiger partial charge in [-0.2, -0.15) is 0 Å². The lowest BCUT2D eigenvalue weighted by atomic mass is 10.1. The summed E-state index contributed by atoms with van der Waals surface area (Å²) in [6.07, 6.45) is 3.60. The molecule has 0 saturated carbocycles. The highest BCUT2D eigenvalue weighted by Crippen LogP contribution is 2.25. The predicted molar refractivity (Wildman–Crippen MR) is 115 cm³/mol. The highest BCUT2D eigenvalue weighted by Gasteiger charge is 2.21. The van der Waals surface area contributed by atoms with Gasteiger partial charge in [-0.1, -0.05) is 12.1 Å². The lowest BCUT2D eigenvalue weighted by Crippen LogP contribution is -2.32. The molecule has 3 aromatic rings. The van der Waals surface area contributed by atoms with Crippen LogP contribution in [0.15, 0.2) is 65.8 Å². The Kier molecular flexibility index (Phi) is 7.19. The van der Waals surface area contributed by atoms with E-state index in [-0.39, 0.29) is 11.9 Å². The summed E-state index contributed by atoms with van der Waals surface area (Å²) in [5, 5.41) is 3.11. The monoisotopic (exact) mass is 411 g/mol. The molecule has 6 nitrogen and oxygen atoms in total. The number of aromatic nitrogens is 2. The van der Waals surface area contributed by atoms with Crippen molar-refractivity contribution in [1.82, 2.24) is 14.9 Å². The fourth-order valence-corrected chi connectivity index (χ4v) is 3.61. The zero-order chi connectivity index (χ0) is 20.6. The zero-order valence-corrected chi connectivity index (χ0v) is 17.6. The molecule has 152 valence electrons. The Morgan fingerprint density at radius 3 is 2.41 bits per heavy atom. The van der Waals surface area contributed by atoms with Crippen molar-refractivity contribution in [2.75, 3.05) is 19.5 Å². The fourth-order valence-electron chi connectivity index (χ4n) is 2.90. The van der Waals surface area contributed by atoms with Crippen LogP contribution < -0.4 is 14.8 Å². The minimum absolute atomic E-state index is 0.0623. The Bertz CT molecular complexity index is 923. The number of carbonyl (C=O) groups excluding carboxylic acids is 1. The first-order valence-electron chi connectivity index (χ1n) is 9.37. The Hall–Kier alpha value is -2.93. The molecular weight excluding hydrogens is 386 g/mol. The molecule has 0 aliphatic heterocycles. The molecule has 1 N–H and O–H groups in total. The van der Waals surface area contributed by atoms with E-state index in [1.54, 1.807) is 13.3 Å². The van der Waals surface area contributed by atoms with Crippen LogP contribution in [-0.2, 0) is 11.8 Å². The topological polar surface area (TPSA) is 65.4 Å². The number of nitrogens with one attached hydrogen (secondary N) is 1. The number of thioether (sulfide) groups is 1. The smallest absolute Gasteiger partial charge is 0.231 e. The second-order valence-corrected chi connectivity index (χ2v) is 7.41. The third kappa shape index (κ3) is 5.54. The summed E-state index contributed by atoms with van der Waals surface area (Å²) in [5.41, 5.74) is 0.944. The van der Waals surface area contributed by atoms with E-state index >= 15 is 0 Å². The molecule has 29 heavy (non-hydrogen) atoms. The maximum atomic E-state index is 12.7. The van der Waals surface area contributed by atoms with Crippen LogP contribution in [0.25, 0.3) is 0 Å². The van der Waals surface area contributed by atoms with Crippen molar-refractivity contribution in [3.8, 4) is 11.5 Å². The Balaban J connectivity index is 1.68. The minimum Gasteiger partial charge on any atom is -0.497 e. The summed E-state index contributed by atoms with van der Waals surface area (Å²) in [6.45, 7) is 2.59. The standard InChI is InChI=1S/C22H25N3O3S/c1-4-28-18-9-11-19(12-10-18)29-15-20(26)24-21(22-23-13-14-25(22)2)16-5-7-17(27-3)8-6-16/h5-14,21H,4,15H2,1-3H3,(H,24,26). The van der Waals surface area contributed by atoms with Crippen LogP contribution in [0.4, 0.5) is 0 Å². The second-order valence-electron chi connectivity index (χ2n) is 6.36. The third-order valence-corrected chi connectivity index (χ3v) is 5.39. The summed E-state index contributed by atoms with van der Waals surface area (Å²) in [7, 11) is 3.55. The minimum atomic E-state index is -0.339. The van der Waals surface area contributed by atoms with E-state index in [9.17, 15) is 4.79 Å². The Morgan fingerprint density at radius 1 is 1.14 bits per heavy atom. The van der Waals surface area contributed by atoms with E-state index in [0.717, 1.165) is 27.8 Å². The van der Waals surface area contributed by atoms with Crippen molar-refractivity contribution < 1.29 is 14.3 Å². The van der Waals surface area contributed by atoms with Crippen molar-refractivity contribution in [3.63, 3.8) is 0 Å². The molecule has 0 aliphatic rings. The maximum absolute atomic E-state index is 12.7. The molecule has 0 radical (unpaired) electrons. The first kappa shape index (κ1) is 20.8. The van der Waals surface area contributed by atoms with Crippen LogP contribution in [0.2, 0.25) is 0 Å². The van der Waals surface area contributed by atoms with Crippen molar-refractivity contribution in [1.29, 1.82) is 0 Å². The number of benzene rings is 2. The number of hydrogen-bond donors (Lipinski definition) is 1. The molecule has 7 heteroatoms. The van der Waals surface area contributed by atoms with Gasteiger partial charge in [0, 0.05) is 24.3 Å². The summed E-state index contributed by atoms with van der Waals surface area (Å²) in [5.74, 6) is 2.62. The Morgan fingerprint density at radius 2 is 1.83 bits per heavy atom. The first-order valence-corrected chi connectivity index (χ1v) is 10.4. The van der Waals surface area contributed by atoms with E-state index in [2.05, 4.69) is 10.3 Å². The van der Waals surface area contributed by atoms with Gasteiger partial charge in [-0.3, -0.25) is 4.79 Å². The van der Waals surface area contributed by atoms with Gasteiger partial charge in [0.2, 0.25) is 5.91 Å². The number of hydrogen-bond acceptors (Lipinski definition) is 5. The van der Waals surface area contributed by atoms with E-state index in [0.29, 0.717) is 12.4 Å². The van der Waals surface area contributed by atoms with Crippen LogP contribution >= 0.6 is 11.8 Å². The van der Waals surface area contributed by atoms with Crippen molar-refractivity contribution in [2.24, 2.45) is 7.05 Å². The van der Waals surface area contributed by atoms with Gasteiger partial charge in [-0.05, 0) is 48.9 Å². The number of ether oxygens (including phenoxy) is 2. The van der Waals surface area contributed by atoms with Gasteiger partial charge >= 0.3 is 0 Å². The molecular formula is C22H25N3O3S. The van der Waals surface area contributed by atoms with Crippen LogP contribution in [0.3, 0.4) is 0 Å². The van der Waals surface area contributed by atoms with Crippen molar-refractivity contribution in [2.45, 2.75) is 17.9 Å². The number of rotatable bonds is 9. The molecule has 0 aliphatic carbocycles. The molecule has 0 saturated heterocycles. The van der Waals surface area contributed by atoms with Gasteiger partial charge < -0.3 is 19.4 Å². The predicted octanol–water partition coefficient (Wildman–Crippen LogP) is 3.83. The third-order valence-electron chi connectivity index (χ3n) is 4.38. The molecule has 1 atom stereocenters. The SMILES string of the molecule is CCOc1ccc(SCC(=O)NC(c2ccc(OC)cc2)c2nccn2C)cc1. The van der Waals surface area contributed by atoms with Crippen molar-refractivity contribution in [3.05, 3.63) is 72.3 Å². The number of methoxy groups -OCH3 is 1. The highest BCUT2D eigenvalue weighted by molar-refractivity contribution is 8.00. The van der Waals surface area contributed by atoms with Gasteiger partial charge in [0.05, 0.1) is 19.5 Å². The summed E-state index contributed by atoms with van der Waals surface area (Å²) >= 11 is 1.49. The number of carbonyl (C=O) groups is 1. The molecule has 1 heterocycles. The number of aryl methyl sites for hydroxylation is 1. The summed E-state index contributed by atoms with van der Waals surface area (Å²) < 4.78 is 12.6. The van der Waals surface area contributed by atoms with Gasteiger partial charge in [-0.25, -0.2) is 4.98 Å². The van der Waals surface area contributed by atoms with Gasteiger partial charge in [0.15, 0.2) is 0 Å². The van der Waals surface area contributed by atoms with E-state index in [4.69, 9.17) is 9.47 Å². The summed E-state index contributed by atoms with van der Waals surface area (Å²) in [6, 6.07) is 15.1. The molecule has 1 aromatic heterocycles. The van der Waals surface area contributed by atoms with Gasteiger partial charge in [0.25, 0.3) is 0 Å². The van der Waals surface area contributed by atoms with Crippen LogP contribution in [-0.4, -0.2) is 34.9 Å². The van der Waals surface area contributed by atoms with Crippen LogP contribution in [0, 0.1) is 0 Å². The molecule has 3 rings (SSSR count). The van der Waals surface area contributed by atoms with Crippen molar-refractivity contribution >= 4 is 17.7 Å². The number of imidazole rings is 1. The van der Waals surface area contributed by atoms with Crippen LogP contribution in [0.1, 0.15) is 24.4 Å². The normalized spacial score (nSPS) is 11.7. The molecule has 0 spiro atoms. The maximum Gasteiger partial charge on any atom is 0.231 e. The number of nitrogens with zero attached hydrogens (tertiary/aromatic N) is 2. The largest absolute Gasteiger partial charge is 0.497 e. The zero-order valence-electron chi connectivity index (χ0n) is 16.8. The quantitative estimate of drug-likeness (QED) is 0.542. The molecule has 1 amide bonds. The highest BCUT2D eigenvalue weighted by atomic mass is 32.2. The average Bonchev–Trinajstić information content (AvgIpc) is 3.17. The van der Waals surface area contributed by atoms with E-state index < -0.39 is 0 Å². The lowest BCUT2D eigenvalue weighted by molar-refractivity contribution is -0.119. The lowest BCUT2D eigenvalue weighted by Gasteiger charge is -2.19. The Labute approximate surface area is 175 Å². The van der Waals surface area contributed by atoms with E-state index in [1.165, 1.54) is 11.8 Å². The van der Waals surface area contributed by atoms with Gasteiger partial charge in [-0.15, -0.1) is 11.8 Å². The average molecular weight is 412 g/mol. The molecule has 2 aromatic carbocycles. The van der Waals surface area contributed by atoms with Crippen LogP contribution in [0.5, 0.6) is 11.5 Å². The second kappa shape index (κ2) is 10.0. The fraction of sp³-hybridized carbons (Fsp3) is 0.273. The summed E-state index contributed by atoms with van der Waals surface area (Å²) in [4.78, 5) is 18.1. The molecule has 0 fully saturated rings. The van der Waals surface area contributed by atoms with Gasteiger partial charge in [0.1, 0.15) is 23.4 Å². The number of amides is 1. The molecule has 1 unspecified atom stereocenters. The first-order chi connectivity index (χ1) is 14.1. The molecule has 0 bridgehead atoms.